The zero-order valence-electron chi connectivity index (χ0n) is 18.5. The molecule has 162 valence electrons. The third-order valence-corrected chi connectivity index (χ3v) is 4.85. The summed E-state index contributed by atoms with van der Waals surface area (Å²) < 4.78 is 5.43. The monoisotopic (exact) mass is 427 g/mol. The number of carbonyl (C=O) groups excluding carboxylic acids is 1. The van der Waals surface area contributed by atoms with Crippen LogP contribution in [0.15, 0.2) is 72.0 Å². The van der Waals surface area contributed by atoms with Crippen LogP contribution in [0, 0.1) is 6.92 Å². The smallest absolute Gasteiger partial charge is 0.338 e. The maximum atomic E-state index is 12.3. The lowest BCUT2D eigenvalue weighted by molar-refractivity contribution is 0.00695. The summed E-state index contributed by atoms with van der Waals surface area (Å²) in [4.78, 5) is 24.4. The summed E-state index contributed by atoms with van der Waals surface area (Å²) >= 11 is 0. The highest BCUT2D eigenvalue weighted by molar-refractivity contribution is 6.21. The number of pyridine rings is 1. The number of nitrogens with one attached hydrogen (secondary N) is 1. The van der Waals surface area contributed by atoms with E-state index in [4.69, 9.17) is 9.73 Å². The fourth-order valence-electron chi connectivity index (χ4n) is 3.44. The Balaban J connectivity index is 1.80. The second-order valence-electron chi connectivity index (χ2n) is 8.65. The molecule has 2 heterocycles. The number of rotatable bonds is 4. The van der Waals surface area contributed by atoms with Crippen molar-refractivity contribution in [1.82, 2.24) is 9.97 Å². The van der Waals surface area contributed by atoms with Gasteiger partial charge in [0.2, 0.25) is 0 Å². The lowest BCUT2D eigenvalue weighted by Gasteiger charge is -2.19. The van der Waals surface area contributed by atoms with Crippen LogP contribution >= 0.6 is 0 Å². The molecule has 0 fully saturated rings. The molecule has 2 aromatic carbocycles. The average Bonchev–Trinajstić information content (AvgIpc) is 3.06. The molecule has 0 bridgehead atoms. The number of hydrogen-bond donors (Lipinski definition) is 2. The number of H-pyrrole nitrogens is 1. The van der Waals surface area contributed by atoms with Crippen molar-refractivity contribution < 1.29 is 14.6 Å². The zero-order valence-corrected chi connectivity index (χ0v) is 18.5. The van der Waals surface area contributed by atoms with Gasteiger partial charge in [-0.05, 0) is 75.7 Å². The number of carbonyl (C=O) groups is 1. The van der Waals surface area contributed by atoms with Crippen LogP contribution < -0.4 is 0 Å². The van der Waals surface area contributed by atoms with Crippen LogP contribution in [-0.2, 0) is 4.74 Å². The van der Waals surface area contributed by atoms with Crippen molar-refractivity contribution in [3.63, 3.8) is 0 Å². The summed E-state index contributed by atoms with van der Waals surface area (Å²) in [6, 6.07) is 16.5. The molecule has 0 aliphatic rings. The number of ether oxygens (including phenoxy) is 1. The lowest BCUT2D eigenvalue weighted by atomic mass is 10.0. The summed E-state index contributed by atoms with van der Waals surface area (Å²) in [5.74, 6) is -0.344. The van der Waals surface area contributed by atoms with Gasteiger partial charge in [0.1, 0.15) is 5.60 Å². The maximum Gasteiger partial charge on any atom is 0.338 e. The van der Waals surface area contributed by atoms with Crippen molar-refractivity contribution in [2.75, 3.05) is 0 Å². The molecular weight excluding hydrogens is 402 g/mol. The Labute approximate surface area is 186 Å². The summed E-state index contributed by atoms with van der Waals surface area (Å²) in [6.07, 6.45) is 3.40. The van der Waals surface area contributed by atoms with Crippen LogP contribution in [0.5, 0.6) is 5.88 Å². The number of aliphatic imine (C=N–C) groups is 1. The zero-order chi connectivity index (χ0) is 22.9. The number of aromatic hydroxyl groups is 1. The summed E-state index contributed by atoms with van der Waals surface area (Å²) in [7, 11) is 0. The van der Waals surface area contributed by atoms with Crippen molar-refractivity contribution in [2.45, 2.75) is 33.3 Å². The fourth-order valence-corrected chi connectivity index (χ4v) is 3.44. The molecule has 2 N–H and O–H groups in total. The Morgan fingerprint density at radius 1 is 1.06 bits per heavy atom. The Morgan fingerprint density at radius 2 is 1.81 bits per heavy atom. The van der Waals surface area contributed by atoms with E-state index in [1.807, 2.05) is 58.0 Å². The Hall–Kier alpha value is -3.93. The molecule has 6 heteroatoms. The SMILES string of the molecule is Cc1ccc2c(C(=Nc3ccc(C(=O)OC(C)(C)C)cc3)c3cccnc3)c(O)[nH]c2c1. The van der Waals surface area contributed by atoms with Crippen molar-refractivity contribution in [1.29, 1.82) is 0 Å². The van der Waals surface area contributed by atoms with Crippen LogP contribution in [0.4, 0.5) is 5.69 Å². The maximum absolute atomic E-state index is 12.3. The van der Waals surface area contributed by atoms with E-state index < -0.39 is 5.60 Å². The third-order valence-electron chi connectivity index (χ3n) is 4.85. The first kappa shape index (κ1) is 21.3. The van der Waals surface area contributed by atoms with Gasteiger partial charge in [-0.15, -0.1) is 0 Å². The standard InChI is InChI=1S/C26H25N3O3/c1-16-7-12-20-21(14-16)29-24(30)22(20)23(18-6-5-13-27-15-18)28-19-10-8-17(9-11-19)25(31)32-26(2,3)4/h5-15,29-30H,1-4H3. The number of benzene rings is 2. The first-order valence-corrected chi connectivity index (χ1v) is 10.4. The second-order valence-corrected chi connectivity index (χ2v) is 8.65. The highest BCUT2D eigenvalue weighted by Gasteiger charge is 2.20. The minimum absolute atomic E-state index is 0.0404. The van der Waals surface area contributed by atoms with Gasteiger partial charge in [-0.2, -0.15) is 0 Å². The quantitative estimate of drug-likeness (QED) is 0.323. The molecule has 32 heavy (non-hydrogen) atoms. The number of esters is 1. The van der Waals surface area contributed by atoms with Gasteiger partial charge in [-0.25, -0.2) is 9.79 Å². The minimum Gasteiger partial charge on any atom is -0.494 e. The predicted molar refractivity (Wildman–Crippen MR) is 126 cm³/mol. The molecule has 2 aromatic heterocycles. The Bertz CT molecular complexity index is 1300. The fraction of sp³-hybridized carbons (Fsp3) is 0.192. The number of aromatic amines is 1. The molecule has 0 atom stereocenters. The second kappa shape index (κ2) is 8.30. The molecule has 0 saturated heterocycles. The van der Waals surface area contributed by atoms with Crippen molar-refractivity contribution in [3.8, 4) is 5.88 Å². The predicted octanol–water partition coefficient (Wildman–Crippen LogP) is 5.70. The van der Waals surface area contributed by atoms with Crippen LogP contribution in [0.2, 0.25) is 0 Å². The van der Waals surface area contributed by atoms with E-state index in [1.54, 1.807) is 36.7 Å². The highest BCUT2D eigenvalue weighted by atomic mass is 16.6. The number of fused-ring (bicyclic) bond motifs is 1. The van der Waals surface area contributed by atoms with Gasteiger partial charge >= 0.3 is 5.97 Å². The molecule has 0 saturated carbocycles. The average molecular weight is 428 g/mol. The summed E-state index contributed by atoms with van der Waals surface area (Å²) in [5.41, 5.74) is 4.38. The summed E-state index contributed by atoms with van der Waals surface area (Å²) in [5, 5.41) is 11.6. The van der Waals surface area contributed by atoms with E-state index in [0.29, 0.717) is 22.5 Å². The Morgan fingerprint density at radius 3 is 2.47 bits per heavy atom. The molecule has 0 aliphatic carbocycles. The molecule has 6 nitrogen and oxygen atoms in total. The van der Waals surface area contributed by atoms with Crippen LogP contribution in [0.3, 0.4) is 0 Å². The van der Waals surface area contributed by atoms with Gasteiger partial charge < -0.3 is 14.8 Å². The van der Waals surface area contributed by atoms with Gasteiger partial charge in [0.15, 0.2) is 5.88 Å². The van der Waals surface area contributed by atoms with Gasteiger partial charge in [0, 0.05) is 28.9 Å². The molecule has 0 amide bonds. The van der Waals surface area contributed by atoms with Gasteiger partial charge in [0.05, 0.1) is 22.5 Å². The number of nitrogens with zero attached hydrogens (tertiary/aromatic N) is 2. The highest BCUT2D eigenvalue weighted by Crippen LogP contribution is 2.32. The lowest BCUT2D eigenvalue weighted by Crippen LogP contribution is -2.23. The van der Waals surface area contributed by atoms with E-state index in [1.165, 1.54) is 0 Å². The van der Waals surface area contributed by atoms with Gasteiger partial charge in [-0.3, -0.25) is 4.98 Å². The van der Waals surface area contributed by atoms with Gasteiger partial charge in [-0.1, -0.05) is 12.1 Å². The van der Waals surface area contributed by atoms with E-state index in [0.717, 1.165) is 22.0 Å². The molecule has 0 radical (unpaired) electrons. The molecule has 4 aromatic rings. The summed E-state index contributed by atoms with van der Waals surface area (Å²) in [6.45, 7) is 7.50. The van der Waals surface area contributed by atoms with Crippen LogP contribution in [-0.4, -0.2) is 32.4 Å². The van der Waals surface area contributed by atoms with E-state index >= 15 is 0 Å². The topological polar surface area (TPSA) is 87.6 Å². The van der Waals surface area contributed by atoms with Crippen molar-refractivity contribution in [3.05, 3.63) is 89.2 Å². The number of aryl methyl sites for hydroxylation is 1. The first-order valence-electron chi connectivity index (χ1n) is 10.4. The van der Waals surface area contributed by atoms with Crippen LogP contribution in [0.25, 0.3) is 10.9 Å². The molecule has 0 unspecified atom stereocenters. The van der Waals surface area contributed by atoms with E-state index in [2.05, 4.69) is 9.97 Å². The molecule has 4 rings (SSSR count). The largest absolute Gasteiger partial charge is 0.494 e. The molecular formula is C26H25N3O3. The van der Waals surface area contributed by atoms with Crippen molar-refractivity contribution in [2.24, 2.45) is 4.99 Å². The molecule has 0 spiro atoms. The van der Waals surface area contributed by atoms with Gasteiger partial charge in [0.25, 0.3) is 0 Å². The minimum atomic E-state index is -0.563. The van der Waals surface area contributed by atoms with E-state index in [-0.39, 0.29) is 11.8 Å². The van der Waals surface area contributed by atoms with Crippen LogP contribution in [0.1, 0.15) is 47.8 Å². The Kier molecular flexibility index (Phi) is 5.53. The first-order chi connectivity index (χ1) is 15.2. The molecule has 0 aliphatic heterocycles. The normalized spacial score (nSPS) is 12.2. The number of aromatic nitrogens is 2. The van der Waals surface area contributed by atoms with Crippen molar-refractivity contribution >= 4 is 28.3 Å². The third kappa shape index (κ3) is 4.54. The number of hydrogen-bond acceptors (Lipinski definition) is 5. The van der Waals surface area contributed by atoms with E-state index in [9.17, 15) is 9.90 Å².